The maximum atomic E-state index is 11.8. The summed E-state index contributed by atoms with van der Waals surface area (Å²) in [7, 11) is 1.48. The van der Waals surface area contributed by atoms with Crippen molar-refractivity contribution >= 4 is 28.6 Å². The average molecular weight is 983 g/mol. The first-order chi connectivity index (χ1) is 28.9. The van der Waals surface area contributed by atoms with Crippen molar-refractivity contribution in [2.75, 3.05) is 12.0 Å². The van der Waals surface area contributed by atoms with Crippen LogP contribution in [-0.4, -0.2) is 62.9 Å². The van der Waals surface area contributed by atoms with Gasteiger partial charge in [-0.05, 0) is 206 Å². The molecule has 0 saturated heterocycles. The molecule has 0 aliphatic heterocycles. The molecule has 8 rings (SSSR count). The van der Waals surface area contributed by atoms with Crippen LogP contribution in [0.2, 0.25) is 0 Å². The number of hydrogen-bond donors (Lipinski definition) is 4. The second-order valence-electron chi connectivity index (χ2n) is 24.1. The summed E-state index contributed by atoms with van der Waals surface area (Å²) in [4.78, 5) is 13.7. The van der Waals surface area contributed by atoms with Crippen LogP contribution in [0.25, 0.3) is 0 Å². The minimum atomic E-state index is -0.230. The molecule has 7 heteroatoms. The van der Waals surface area contributed by atoms with E-state index in [1.165, 1.54) is 77.7 Å². The van der Waals surface area contributed by atoms with Crippen molar-refractivity contribution in [3.8, 4) is 0 Å². The quantitative estimate of drug-likeness (QED) is 0.104. The summed E-state index contributed by atoms with van der Waals surface area (Å²) >= 11 is 2.15. The predicted molar refractivity (Wildman–Crippen MR) is 265 cm³/mol. The Bertz CT molecular complexity index is 1440. The standard InChI is InChI=1S/C27H46O4.C26H46O2.CH3I.CH4/c1-6-18-22-15-17(28)11-13-27(22,4)21-12-14-26(3)19(16(2)7-10-23(29)31-5)8-9-20(26)24(21)25(18)30;1-6-8-16(3)19-9-10-20-23-21(12-14-25(19,20)4)26(5)13-11-17(27)15-22(26)18(7-2)24(23)28;1-2;/h16-22,24-25,28,30H,6-15H2,1-5H3;16-24,27-28H,6-15H2,1-5H3;1H3;1H4/t16-,17-,18-,19?,20?,21?,22+,24?,25-,26-,27-;16-,17-,18-,19?,20?,21?,22+,23?,24-,25-,26-;;/m11../s1. The molecule has 8 aliphatic rings. The number of aliphatic hydroxyl groups excluding tert-OH is 4. The molecule has 8 saturated carbocycles. The van der Waals surface area contributed by atoms with Gasteiger partial charge in [0.15, 0.2) is 0 Å². The highest BCUT2D eigenvalue weighted by Crippen LogP contribution is 2.71. The van der Waals surface area contributed by atoms with Gasteiger partial charge in [-0.2, -0.15) is 0 Å². The Morgan fingerprint density at radius 2 is 0.952 bits per heavy atom. The Morgan fingerprint density at radius 3 is 1.32 bits per heavy atom. The number of carbonyl (C=O) groups excluding carboxylic acids is 1. The average Bonchev–Trinajstić information content (AvgIpc) is 3.79. The lowest BCUT2D eigenvalue weighted by molar-refractivity contribution is -0.203. The third-order valence-corrected chi connectivity index (χ3v) is 22.1. The second-order valence-corrected chi connectivity index (χ2v) is 24.1. The highest BCUT2D eigenvalue weighted by Gasteiger charge is 2.66. The van der Waals surface area contributed by atoms with Crippen LogP contribution in [0.4, 0.5) is 0 Å². The Kier molecular flexibility index (Phi) is 18.1. The fourth-order valence-electron chi connectivity index (χ4n) is 19.2. The molecule has 0 heterocycles. The Hall–Kier alpha value is 0.0400. The van der Waals surface area contributed by atoms with E-state index in [4.69, 9.17) is 4.74 Å². The van der Waals surface area contributed by atoms with Gasteiger partial charge >= 0.3 is 5.97 Å². The van der Waals surface area contributed by atoms with Gasteiger partial charge in [-0.25, -0.2) is 0 Å². The minimum absolute atomic E-state index is 0. The lowest BCUT2D eigenvalue weighted by atomic mass is 9.41. The van der Waals surface area contributed by atoms with Gasteiger partial charge in [0.2, 0.25) is 0 Å². The van der Waals surface area contributed by atoms with E-state index in [-0.39, 0.29) is 48.6 Å². The minimum Gasteiger partial charge on any atom is -0.469 e. The van der Waals surface area contributed by atoms with Gasteiger partial charge in [-0.3, -0.25) is 4.79 Å². The molecule has 0 aromatic carbocycles. The SMILES string of the molecule is C.CCC[C@@H](C)C1CCC2C3C(CC[C@@]21C)[C@@]1(C)CC[C@@H](O)C[C@H]1[C@@H](CC)[C@H]3O.CC[C@H]1[C@@H](O)C2C3CCC([C@H](C)CCC(=O)OC)[C@@]3(C)CCC2[C@@]2(C)CC[C@@H](O)C[C@@H]12.CI. The van der Waals surface area contributed by atoms with Gasteiger partial charge in [0.05, 0.1) is 31.5 Å². The van der Waals surface area contributed by atoms with Gasteiger partial charge in [0.25, 0.3) is 0 Å². The number of methoxy groups -OCH3 is 1. The zero-order valence-corrected chi connectivity index (χ0v) is 43.2. The first kappa shape index (κ1) is 53.0. The fraction of sp³-hybridized carbons (Fsp3) is 0.982. The van der Waals surface area contributed by atoms with E-state index >= 15 is 0 Å². The molecule has 0 aromatic heterocycles. The Balaban J connectivity index is 0.000000223. The molecule has 22 atom stereocenters. The Morgan fingerprint density at radius 1 is 0.581 bits per heavy atom. The van der Waals surface area contributed by atoms with Gasteiger partial charge in [-0.1, -0.05) is 118 Å². The normalized spacial score (nSPS) is 49.8. The van der Waals surface area contributed by atoms with Crippen LogP contribution in [0, 0.1) is 105 Å². The number of aliphatic hydroxyl groups is 4. The molecule has 0 spiro atoms. The molecule has 0 aromatic rings. The van der Waals surface area contributed by atoms with Crippen LogP contribution in [-0.2, 0) is 9.53 Å². The van der Waals surface area contributed by atoms with E-state index in [9.17, 15) is 25.2 Å². The van der Waals surface area contributed by atoms with Crippen LogP contribution in [0.5, 0.6) is 0 Å². The maximum absolute atomic E-state index is 11.8. The van der Waals surface area contributed by atoms with Gasteiger partial charge in [0.1, 0.15) is 0 Å². The summed E-state index contributed by atoms with van der Waals surface area (Å²) in [6.45, 7) is 21.8. The molecular formula is C55H99IO6. The molecule has 62 heavy (non-hydrogen) atoms. The fourth-order valence-corrected chi connectivity index (χ4v) is 19.2. The lowest BCUT2D eigenvalue weighted by Crippen LogP contribution is -2.62. The molecule has 4 N–H and O–H groups in total. The van der Waals surface area contributed by atoms with E-state index in [0.29, 0.717) is 88.3 Å². The summed E-state index contributed by atoms with van der Waals surface area (Å²) < 4.78 is 4.88. The Labute approximate surface area is 395 Å². The zero-order chi connectivity index (χ0) is 44.8. The monoisotopic (exact) mass is 983 g/mol. The van der Waals surface area contributed by atoms with Crippen molar-refractivity contribution in [2.45, 2.75) is 223 Å². The van der Waals surface area contributed by atoms with E-state index in [1.807, 2.05) is 4.93 Å². The predicted octanol–water partition coefficient (Wildman–Crippen LogP) is 12.9. The number of fused-ring (bicyclic) bond motifs is 10. The molecule has 0 bridgehead atoms. The summed E-state index contributed by atoms with van der Waals surface area (Å²) in [6, 6.07) is 0. The molecule has 8 aliphatic carbocycles. The van der Waals surface area contributed by atoms with Gasteiger partial charge < -0.3 is 25.2 Å². The molecule has 0 amide bonds. The summed E-state index contributed by atoms with van der Waals surface area (Å²) in [6.07, 6.45) is 21.8. The molecular weight excluding hydrogens is 884 g/mol. The van der Waals surface area contributed by atoms with Crippen molar-refractivity contribution in [1.82, 2.24) is 0 Å². The van der Waals surface area contributed by atoms with Crippen molar-refractivity contribution in [2.24, 2.45) is 105 Å². The molecule has 362 valence electrons. The summed E-state index contributed by atoms with van der Waals surface area (Å²) in [5.41, 5.74) is 1.30. The highest BCUT2D eigenvalue weighted by molar-refractivity contribution is 14.1. The van der Waals surface area contributed by atoms with E-state index in [1.54, 1.807) is 0 Å². The second kappa shape index (κ2) is 21.1. The van der Waals surface area contributed by atoms with Crippen LogP contribution >= 0.6 is 22.6 Å². The molecule has 0 radical (unpaired) electrons. The summed E-state index contributed by atoms with van der Waals surface area (Å²) in [5.74, 6) is 7.86. The number of alkyl halides is 1. The van der Waals surface area contributed by atoms with Crippen LogP contribution < -0.4 is 0 Å². The third kappa shape index (κ3) is 9.05. The van der Waals surface area contributed by atoms with Crippen molar-refractivity contribution in [3.05, 3.63) is 0 Å². The summed E-state index contributed by atoms with van der Waals surface area (Å²) in [5, 5.41) is 44.3. The van der Waals surface area contributed by atoms with Gasteiger partial charge in [-0.15, -0.1) is 0 Å². The van der Waals surface area contributed by atoms with Crippen LogP contribution in [0.1, 0.15) is 198 Å². The number of esters is 1. The number of carbonyl (C=O) groups is 1. The molecule has 8 unspecified atom stereocenters. The van der Waals surface area contributed by atoms with Crippen molar-refractivity contribution in [1.29, 1.82) is 0 Å². The first-order valence-corrected chi connectivity index (χ1v) is 28.3. The van der Waals surface area contributed by atoms with Gasteiger partial charge in [0, 0.05) is 6.42 Å². The van der Waals surface area contributed by atoms with Crippen molar-refractivity contribution in [3.63, 3.8) is 0 Å². The largest absolute Gasteiger partial charge is 0.469 e. The smallest absolute Gasteiger partial charge is 0.305 e. The van der Waals surface area contributed by atoms with E-state index < -0.39 is 0 Å². The first-order valence-electron chi connectivity index (χ1n) is 26.1. The molecule has 8 fully saturated rings. The number of ether oxygens (including phenoxy) is 1. The van der Waals surface area contributed by atoms with E-state index in [2.05, 4.69) is 84.9 Å². The van der Waals surface area contributed by atoms with Crippen LogP contribution in [0.15, 0.2) is 0 Å². The topological polar surface area (TPSA) is 107 Å². The number of halogens is 1. The third-order valence-electron chi connectivity index (χ3n) is 22.1. The van der Waals surface area contributed by atoms with Crippen LogP contribution in [0.3, 0.4) is 0 Å². The van der Waals surface area contributed by atoms with E-state index in [0.717, 1.165) is 63.2 Å². The lowest BCUT2D eigenvalue weighted by Gasteiger charge is -2.64. The number of rotatable bonds is 9. The van der Waals surface area contributed by atoms with Crippen molar-refractivity contribution < 1.29 is 30.0 Å². The molecule has 6 nitrogen and oxygen atoms in total. The maximum Gasteiger partial charge on any atom is 0.305 e. The zero-order valence-electron chi connectivity index (χ0n) is 41.0. The highest BCUT2D eigenvalue weighted by atomic mass is 127. The number of hydrogen-bond acceptors (Lipinski definition) is 6.